The van der Waals surface area contributed by atoms with Gasteiger partial charge in [-0.15, -0.1) is 0 Å². The van der Waals surface area contributed by atoms with Crippen molar-refractivity contribution in [1.82, 2.24) is 9.55 Å². The predicted octanol–water partition coefficient (Wildman–Crippen LogP) is 5.04. The van der Waals surface area contributed by atoms with Crippen LogP contribution in [0.25, 0.3) is 11.0 Å². The van der Waals surface area contributed by atoms with Gasteiger partial charge in [0.1, 0.15) is 11.2 Å². The topological polar surface area (TPSA) is 64.0 Å². The lowest BCUT2D eigenvalue weighted by molar-refractivity contribution is 0.102. The normalized spacial score (nSPS) is 10.9. The Balaban J connectivity index is 1.66. The summed E-state index contributed by atoms with van der Waals surface area (Å²) in [4.78, 5) is 30.6. The largest absolute Gasteiger partial charge is 0.322 e. The van der Waals surface area contributed by atoms with E-state index >= 15 is 0 Å². The van der Waals surface area contributed by atoms with E-state index in [0.29, 0.717) is 17.9 Å². The van der Waals surface area contributed by atoms with Crippen molar-refractivity contribution >= 4 is 22.6 Å². The number of amides is 1. The highest BCUT2D eigenvalue weighted by Gasteiger charge is 2.17. The molecular weight excluding hydrogens is 386 g/mol. The average molecular weight is 412 g/mol. The molecular formula is C26H25N3O2. The number of benzene rings is 2. The lowest BCUT2D eigenvalue weighted by atomic mass is 10.1. The number of unbranched alkanes of at least 4 members (excludes halogenated alkanes) is 1. The van der Waals surface area contributed by atoms with Crippen LogP contribution in [-0.4, -0.2) is 15.5 Å². The Morgan fingerprint density at radius 3 is 2.48 bits per heavy atom. The van der Waals surface area contributed by atoms with Crippen molar-refractivity contribution in [3.8, 4) is 0 Å². The smallest absolute Gasteiger partial charge is 0.265 e. The van der Waals surface area contributed by atoms with Gasteiger partial charge < -0.3 is 5.32 Å². The van der Waals surface area contributed by atoms with E-state index in [1.807, 2.05) is 60.7 Å². The molecule has 0 bridgehead atoms. The number of pyridine rings is 2. The standard InChI is InChI=1S/C26H25N3O2/c1-2-3-8-19-12-14-22(15-13-19)28-25(30)23-17-21-11-7-16-27-24(21)29(26(23)31)18-20-9-5-4-6-10-20/h4-7,9-17H,2-3,8,18H2,1H3,(H,28,30). The first kappa shape index (κ1) is 20.5. The lowest BCUT2D eigenvalue weighted by Gasteiger charge is -2.13. The Hall–Kier alpha value is -3.73. The van der Waals surface area contributed by atoms with Crippen LogP contribution in [0.2, 0.25) is 0 Å². The number of fused-ring (bicyclic) bond motifs is 1. The van der Waals surface area contributed by atoms with Crippen LogP contribution in [0, 0.1) is 0 Å². The number of aryl methyl sites for hydroxylation is 1. The molecule has 2 aromatic heterocycles. The van der Waals surface area contributed by atoms with Crippen LogP contribution in [0.1, 0.15) is 41.3 Å². The summed E-state index contributed by atoms with van der Waals surface area (Å²) in [6.45, 7) is 2.51. The molecule has 0 saturated heterocycles. The van der Waals surface area contributed by atoms with Crippen molar-refractivity contribution in [2.75, 3.05) is 5.32 Å². The molecule has 1 N–H and O–H groups in total. The van der Waals surface area contributed by atoms with Crippen molar-refractivity contribution < 1.29 is 4.79 Å². The van der Waals surface area contributed by atoms with Crippen molar-refractivity contribution in [2.24, 2.45) is 0 Å². The van der Waals surface area contributed by atoms with Gasteiger partial charge in [-0.2, -0.15) is 0 Å². The van der Waals surface area contributed by atoms with Crippen LogP contribution < -0.4 is 10.9 Å². The molecule has 0 atom stereocenters. The molecule has 0 aliphatic carbocycles. The zero-order valence-corrected chi connectivity index (χ0v) is 17.5. The summed E-state index contributed by atoms with van der Waals surface area (Å²) in [5.41, 5.74) is 3.19. The summed E-state index contributed by atoms with van der Waals surface area (Å²) in [5.74, 6) is -0.418. The highest BCUT2D eigenvalue weighted by atomic mass is 16.2. The van der Waals surface area contributed by atoms with Crippen molar-refractivity contribution in [3.05, 3.63) is 106 Å². The Kier molecular flexibility index (Phi) is 6.22. The Labute approximate surface area is 181 Å². The maximum atomic E-state index is 13.3. The third kappa shape index (κ3) is 4.72. The van der Waals surface area contributed by atoms with E-state index in [1.165, 1.54) is 5.56 Å². The highest BCUT2D eigenvalue weighted by molar-refractivity contribution is 6.05. The second kappa shape index (κ2) is 9.39. The summed E-state index contributed by atoms with van der Waals surface area (Å²) in [6, 6.07) is 22.8. The second-order valence-corrected chi connectivity index (χ2v) is 7.61. The summed E-state index contributed by atoms with van der Waals surface area (Å²) >= 11 is 0. The zero-order valence-electron chi connectivity index (χ0n) is 17.5. The molecule has 0 aliphatic heterocycles. The third-order valence-corrected chi connectivity index (χ3v) is 5.31. The minimum atomic E-state index is -0.418. The van der Waals surface area contributed by atoms with Crippen LogP contribution in [0.3, 0.4) is 0 Å². The number of hydrogen-bond donors (Lipinski definition) is 1. The molecule has 0 fully saturated rings. The molecule has 0 unspecified atom stereocenters. The molecule has 156 valence electrons. The monoisotopic (exact) mass is 411 g/mol. The fourth-order valence-corrected chi connectivity index (χ4v) is 3.62. The first-order valence-corrected chi connectivity index (χ1v) is 10.6. The van der Waals surface area contributed by atoms with Gasteiger partial charge in [0.2, 0.25) is 0 Å². The molecule has 2 heterocycles. The predicted molar refractivity (Wildman–Crippen MR) is 125 cm³/mol. The van der Waals surface area contributed by atoms with Gasteiger partial charge in [0, 0.05) is 17.3 Å². The van der Waals surface area contributed by atoms with Gasteiger partial charge >= 0.3 is 0 Å². The van der Waals surface area contributed by atoms with E-state index in [9.17, 15) is 9.59 Å². The van der Waals surface area contributed by atoms with Crippen molar-refractivity contribution in [1.29, 1.82) is 0 Å². The Bertz CT molecular complexity index is 1250. The first-order chi connectivity index (χ1) is 15.2. The zero-order chi connectivity index (χ0) is 21.6. The lowest BCUT2D eigenvalue weighted by Crippen LogP contribution is -2.30. The number of nitrogens with zero attached hydrogens (tertiary/aromatic N) is 2. The molecule has 0 spiro atoms. The molecule has 2 aromatic carbocycles. The first-order valence-electron chi connectivity index (χ1n) is 10.6. The average Bonchev–Trinajstić information content (AvgIpc) is 2.81. The highest BCUT2D eigenvalue weighted by Crippen LogP contribution is 2.16. The number of rotatable bonds is 7. The van der Waals surface area contributed by atoms with E-state index in [2.05, 4.69) is 17.2 Å². The number of carbonyl (C=O) groups is 1. The van der Waals surface area contributed by atoms with Crippen LogP contribution in [0.4, 0.5) is 5.69 Å². The minimum Gasteiger partial charge on any atom is -0.322 e. The number of hydrogen-bond acceptors (Lipinski definition) is 3. The number of carbonyl (C=O) groups excluding carboxylic acids is 1. The van der Waals surface area contributed by atoms with E-state index in [1.54, 1.807) is 22.9 Å². The Morgan fingerprint density at radius 1 is 0.968 bits per heavy atom. The van der Waals surface area contributed by atoms with Gasteiger partial charge in [-0.05, 0) is 54.3 Å². The summed E-state index contributed by atoms with van der Waals surface area (Å²) < 4.78 is 1.56. The van der Waals surface area contributed by atoms with Gasteiger partial charge in [0.25, 0.3) is 11.5 Å². The quantitative estimate of drug-likeness (QED) is 0.463. The summed E-state index contributed by atoms with van der Waals surface area (Å²) in [6.07, 6.45) is 4.96. The molecule has 5 heteroatoms. The maximum absolute atomic E-state index is 13.3. The second-order valence-electron chi connectivity index (χ2n) is 7.61. The SMILES string of the molecule is CCCCc1ccc(NC(=O)c2cc3cccnc3n(Cc3ccccc3)c2=O)cc1. The summed E-state index contributed by atoms with van der Waals surface area (Å²) in [7, 11) is 0. The molecule has 31 heavy (non-hydrogen) atoms. The van der Waals surface area contributed by atoms with Gasteiger partial charge in [-0.1, -0.05) is 55.8 Å². The van der Waals surface area contributed by atoms with Crippen LogP contribution in [0.15, 0.2) is 83.8 Å². The van der Waals surface area contributed by atoms with Gasteiger partial charge in [-0.3, -0.25) is 14.2 Å². The maximum Gasteiger partial charge on any atom is 0.265 e. The van der Waals surface area contributed by atoms with Crippen molar-refractivity contribution in [3.63, 3.8) is 0 Å². The van der Waals surface area contributed by atoms with Crippen LogP contribution in [-0.2, 0) is 13.0 Å². The summed E-state index contributed by atoms with van der Waals surface area (Å²) in [5, 5.41) is 3.61. The van der Waals surface area contributed by atoms with Crippen LogP contribution in [0.5, 0.6) is 0 Å². The molecule has 0 aliphatic rings. The van der Waals surface area contributed by atoms with Gasteiger partial charge in [0.05, 0.1) is 6.54 Å². The van der Waals surface area contributed by atoms with Crippen molar-refractivity contribution in [2.45, 2.75) is 32.7 Å². The molecule has 4 rings (SSSR count). The fourth-order valence-electron chi connectivity index (χ4n) is 3.62. The minimum absolute atomic E-state index is 0.103. The van der Waals surface area contributed by atoms with Gasteiger partial charge in [0.15, 0.2) is 0 Å². The molecule has 0 saturated carbocycles. The number of anilines is 1. The fraction of sp³-hybridized carbons (Fsp3) is 0.192. The van der Waals surface area contributed by atoms with E-state index in [0.717, 1.165) is 30.2 Å². The third-order valence-electron chi connectivity index (χ3n) is 5.31. The van der Waals surface area contributed by atoms with E-state index in [4.69, 9.17) is 0 Å². The molecule has 0 radical (unpaired) electrons. The van der Waals surface area contributed by atoms with Crippen LogP contribution >= 0.6 is 0 Å². The van der Waals surface area contributed by atoms with E-state index in [-0.39, 0.29) is 11.1 Å². The number of nitrogens with one attached hydrogen (secondary N) is 1. The van der Waals surface area contributed by atoms with E-state index < -0.39 is 5.91 Å². The number of aromatic nitrogens is 2. The molecule has 4 aromatic rings. The molecule has 5 nitrogen and oxygen atoms in total. The molecule has 1 amide bonds. The Morgan fingerprint density at radius 2 is 1.74 bits per heavy atom. The van der Waals surface area contributed by atoms with Gasteiger partial charge in [-0.25, -0.2) is 4.98 Å².